The summed E-state index contributed by atoms with van der Waals surface area (Å²) < 4.78 is 0. The van der Waals surface area contributed by atoms with Crippen molar-refractivity contribution in [3.8, 4) is 45.0 Å². The Morgan fingerprint density at radius 1 is 0.326 bits per heavy atom. The summed E-state index contributed by atoms with van der Waals surface area (Å²) in [7, 11) is -5.44. The number of aryl methyl sites for hydroxylation is 2. The van der Waals surface area contributed by atoms with E-state index < -0.39 is 32.3 Å². The molecule has 0 bridgehead atoms. The minimum atomic E-state index is -1.39. The predicted octanol–water partition coefficient (Wildman–Crippen LogP) is 19.8. The molecule has 12 heteroatoms. The van der Waals surface area contributed by atoms with Crippen molar-refractivity contribution in [3.63, 3.8) is 0 Å². The van der Waals surface area contributed by atoms with Crippen molar-refractivity contribution in [1.82, 2.24) is 19.9 Å². The van der Waals surface area contributed by atoms with Crippen LogP contribution in [0.4, 0.5) is 0 Å². The van der Waals surface area contributed by atoms with Gasteiger partial charge in [0, 0.05) is 104 Å². The number of hydrogen-bond acceptors (Lipinski definition) is 4. The van der Waals surface area contributed by atoms with Crippen molar-refractivity contribution in [3.05, 3.63) is 241 Å². The first-order valence-corrected chi connectivity index (χ1v) is 45.3. The second kappa shape index (κ2) is 33.0. The van der Waals surface area contributed by atoms with E-state index in [2.05, 4.69) is 314 Å². The zero-order valence-corrected chi connectivity index (χ0v) is 70.3. The minimum Gasteiger partial charge on any atom is -0.305 e. The van der Waals surface area contributed by atoms with Crippen LogP contribution in [0.1, 0.15) is 62.0 Å². The van der Waals surface area contributed by atoms with E-state index in [4.69, 9.17) is 19.9 Å². The monoisotopic (exact) mass is 1990 g/mol. The maximum absolute atomic E-state index is 5.06. The van der Waals surface area contributed by atoms with Gasteiger partial charge in [0.05, 0.1) is 32.3 Å². The molecule has 4 radical (unpaired) electrons. The molecule has 0 fully saturated rings. The fourth-order valence-corrected chi connectivity index (χ4v) is 18.7. The smallest absolute Gasteiger partial charge is 0.0799 e. The van der Waals surface area contributed by atoms with Crippen LogP contribution < -0.4 is 20.7 Å². The number of pyridine rings is 4. The van der Waals surface area contributed by atoms with Crippen LogP contribution in [0, 0.1) is 38.1 Å². The van der Waals surface area contributed by atoms with E-state index in [1.807, 2.05) is 24.3 Å². The third-order valence-corrected chi connectivity index (χ3v) is 24.7. The standard InChI is InChI=1S/2C21H24NSi.2C19H20NSi.4Ir/c1-15(2)19-13-20(22-14-21(19)23(3,4)5)18-12-8-10-16-9-6-7-11-17(16)18;1-15(2)21-20(23(3,4)5)14-13-19(22-21)18-12-8-10-16-9-6-7-11-17(16)18;1-14-12-18(20-13-19(14)21(2,3)4)17-11-7-9-15-8-5-6-10-16(15)17;1-14-19(21(2,3)4)13-12-18(20-14)17-11-7-9-15-8-5-6-10-16(15)17;;;;/h2*6-11,13-15H,1-5H3;2*5-10,12-13H,1-4H3;;;;/q4*-1;;;;. The number of nitrogens with zero attached hydrogens (tertiary/aromatic N) is 4. The molecule has 0 unspecified atom stereocenters. The molecule has 0 atom stereocenters. The number of aromatic nitrogens is 4. The Balaban J connectivity index is 0.000000220. The average molecular weight is 1990 g/mol. The van der Waals surface area contributed by atoms with Crippen LogP contribution in [-0.4, -0.2) is 52.2 Å². The third-order valence-electron chi connectivity index (χ3n) is 16.4. The van der Waals surface area contributed by atoms with E-state index in [1.165, 1.54) is 80.7 Å². The normalized spacial score (nSPS) is 11.4. The van der Waals surface area contributed by atoms with Crippen molar-refractivity contribution in [2.24, 2.45) is 0 Å². The van der Waals surface area contributed by atoms with Gasteiger partial charge in [-0.25, -0.2) is 0 Å². The van der Waals surface area contributed by atoms with Crippen molar-refractivity contribution in [2.75, 3.05) is 0 Å². The van der Waals surface area contributed by atoms with E-state index in [0.717, 1.165) is 50.7 Å². The first kappa shape index (κ1) is 77.6. The van der Waals surface area contributed by atoms with Gasteiger partial charge in [0.25, 0.3) is 0 Å². The molecule has 484 valence electrons. The second-order valence-corrected chi connectivity index (χ2v) is 48.2. The molecule has 0 aliphatic rings. The fraction of sp³-hybridized carbons (Fsp3) is 0.250. The van der Waals surface area contributed by atoms with Gasteiger partial charge < -0.3 is 19.9 Å². The molecule has 12 aromatic rings. The molecule has 0 saturated carbocycles. The van der Waals surface area contributed by atoms with Crippen LogP contribution in [0.15, 0.2) is 194 Å². The predicted molar refractivity (Wildman–Crippen MR) is 394 cm³/mol. The fourth-order valence-electron chi connectivity index (χ4n) is 11.9. The van der Waals surface area contributed by atoms with Crippen LogP contribution >= 0.6 is 0 Å². The molecule has 0 N–H and O–H groups in total. The summed E-state index contributed by atoms with van der Waals surface area (Å²) in [5, 5.41) is 15.6. The molecule has 0 aliphatic carbocycles. The quantitative estimate of drug-likeness (QED) is 0.101. The number of fused-ring (bicyclic) bond motifs is 4. The molecule has 0 saturated heterocycles. The molecule has 4 heterocycles. The molecule has 0 spiro atoms. The van der Waals surface area contributed by atoms with Crippen LogP contribution in [-0.2, 0) is 80.4 Å². The minimum absolute atomic E-state index is 0. The summed E-state index contributed by atoms with van der Waals surface area (Å²) in [6.45, 7) is 41.9. The molecular formula is C80H88Ir4N4Si4-4. The van der Waals surface area contributed by atoms with Gasteiger partial charge in [0.2, 0.25) is 0 Å². The number of hydrogen-bond donors (Lipinski definition) is 0. The van der Waals surface area contributed by atoms with Gasteiger partial charge in [0.1, 0.15) is 0 Å². The second-order valence-electron chi connectivity index (χ2n) is 28.1. The molecule has 0 aliphatic heterocycles. The first-order valence-electron chi connectivity index (χ1n) is 31.3. The summed E-state index contributed by atoms with van der Waals surface area (Å²) in [4.78, 5) is 19.5. The Morgan fingerprint density at radius 2 is 0.652 bits per heavy atom. The Morgan fingerprint density at radius 3 is 0.989 bits per heavy atom. The van der Waals surface area contributed by atoms with Crippen molar-refractivity contribution < 1.29 is 80.4 Å². The SMILES string of the molecule is CC(C)c1cc(-c2[c-]ccc3ccccc23)ncc1[Si](C)(C)C.CC(C)c1nc(-c2[c-]ccc3ccccc23)ccc1[Si](C)(C)C.Cc1cc(-c2[c-]ccc3ccccc23)ncc1[Si](C)(C)C.Cc1nc(-c2[c-]ccc3ccccc23)ccc1[Si](C)(C)C.[Ir].[Ir].[Ir].[Ir]. The van der Waals surface area contributed by atoms with E-state index in [0.29, 0.717) is 11.8 Å². The topological polar surface area (TPSA) is 51.6 Å². The summed E-state index contributed by atoms with van der Waals surface area (Å²) >= 11 is 0. The largest absolute Gasteiger partial charge is 0.305 e. The average Bonchev–Trinajstić information content (AvgIpc) is 0.835. The summed E-state index contributed by atoms with van der Waals surface area (Å²) in [5.41, 5.74) is 13.7. The van der Waals surface area contributed by atoms with Gasteiger partial charge in [-0.1, -0.05) is 272 Å². The van der Waals surface area contributed by atoms with Crippen molar-refractivity contribution >= 4 is 96.1 Å². The van der Waals surface area contributed by atoms with Gasteiger partial charge >= 0.3 is 0 Å². The van der Waals surface area contributed by atoms with Crippen LogP contribution in [0.25, 0.3) is 88.1 Å². The van der Waals surface area contributed by atoms with E-state index in [1.54, 1.807) is 0 Å². The number of rotatable bonds is 10. The summed E-state index contributed by atoms with van der Waals surface area (Å²) in [6.07, 6.45) is 4.19. The molecule has 4 aromatic heterocycles. The zero-order chi connectivity index (χ0) is 63.3. The van der Waals surface area contributed by atoms with Crippen molar-refractivity contribution in [1.29, 1.82) is 0 Å². The van der Waals surface area contributed by atoms with Crippen LogP contribution in [0.5, 0.6) is 0 Å². The van der Waals surface area contributed by atoms with Gasteiger partial charge in [0.15, 0.2) is 0 Å². The summed E-state index contributed by atoms with van der Waals surface area (Å²) in [6, 6.07) is 77.1. The van der Waals surface area contributed by atoms with Gasteiger partial charge in [-0.05, 0) is 69.2 Å². The Hall–Kier alpha value is -5.14. The van der Waals surface area contributed by atoms with Gasteiger partial charge in [-0.2, -0.15) is 0 Å². The molecular weight excluding hydrogens is 1900 g/mol. The number of benzene rings is 8. The summed E-state index contributed by atoms with van der Waals surface area (Å²) in [5.74, 6) is 0.945. The maximum Gasteiger partial charge on any atom is 0.0799 e. The van der Waals surface area contributed by atoms with E-state index in [-0.39, 0.29) is 80.4 Å². The van der Waals surface area contributed by atoms with E-state index in [9.17, 15) is 0 Å². The van der Waals surface area contributed by atoms with E-state index >= 15 is 0 Å². The van der Waals surface area contributed by atoms with Gasteiger partial charge in [-0.15, -0.1) is 117 Å². The maximum atomic E-state index is 5.06. The first-order chi connectivity index (χ1) is 41.7. The molecule has 92 heavy (non-hydrogen) atoms. The molecule has 0 amide bonds. The molecule has 4 nitrogen and oxygen atoms in total. The van der Waals surface area contributed by atoms with Crippen molar-refractivity contribution in [2.45, 2.75) is 132 Å². The third kappa shape index (κ3) is 18.7. The Labute approximate surface area is 608 Å². The molecule has 12 rings (SSSR count). The van der Waals surface area contributed by atoms with Gasteiger partial charge in [-0.3, -0.25) is 0 Å². The Bertz CT molecular complexity index is 4140. The van der Waals surface area contributed by atoms with Crippen LogP contribution in [0.2, 0.25) is 78.6 Å². The van der Waals surface area contributed by atoms with Crippen LogP contribution in [0.3, 0.4) is 0 Å². The molecule has 8 aromatic carbocycles. The Kier molecular flexibility index (Phi) is 27.8. The zero-order valence-electron chi connectivity index (χ0n) is 56.8.